The molecule has 1 aliphatic heterocycles. The summed E-state index contributed by atoms with van der Waals surface area (Å²) in [5, 5.41) is 3.84. The van der Waals surface area contributed by atoms with E-state index in [0.29, 0.717) is 6.04 Å². The Morgan fingerprint density at radius 1 is 0.857 bits per heavy atom. The molecule has 3 rings (SSSR count). The van der Waals surface area contributed by atoms with Crippen molar-refractivity contribution < 1.29 is 0 Å². The lowest BCUT2D eigenvalue weighted by atomic mass is 9.84. The van der Waals surface area contributed by atoms with E-state index in [-0.39, 0.29) is 37.2 Å². The van der Waals surface area contributed by atoms with Crippen LogP contribution < -0.4 is 5.32 Å². The number of piperazine rings is 1. The van der Waals surface area contributed by atoms with Gasteiger partial charge in [0.25, 0.3) is 0 Å². The first-order valence-corrected chi connectivity index (χ1v) is 13.7. The molecule has 2 fully saturated rings. The van der Waals surface area contributed by atoms with Gasteiger partial charge in [-0.25, -0.2) is 0 Å². The second-order valence-electron chi connectivity index (χ2n) is 11.5. The molecule has 1 N–H and O–H groups in total. The molecule has 0 aromatic heterocycles. The maximum absolute atomic E-state index is 3.84. The quantitative estimate of drug-likeness (QED) is 0.291. The van der Waals surface area contributed by atoms with Crippen molar-refractivity contribution in [2.45, 2.75) is 97.7 Å². The van der Waals surface area contributed by atoms with Crippen LogP contribution in [0.2, 0.25) is 0 Å². The van der Waals surface area contributed by atoms with Crippen LogP contribution in [0.25, 0.3) is 0 Å². The SMILES string of the molecule is CC(C)CCN1CCN(C(CNCc2ccccc2)CC2CCCCC2)CC1CC(C)C.Cl.Cl.Cl. The summed E-state index contributed by atoms with van der Waals surface area (Å²) >= 11 is 0. The summed E-state index contributed by atoms with van der Waals surface area (Å²) in [6.45, 7) is 16.7. The number of benzene rings is 1. The number of hydrogen-bond acceptors (Lipinski definition) is 3. The lowest BCUT2D eigenvalue weighted by Crippen LogP contribution is -2.58. The van der Waals surface area contributed by atoms with Gasteiger partial charge in [-0.2, -0.15) is 0 Å². The Balaban J connectivity index is 0.00000385. The highest BCUT2D eigenvalue weighted by Gasteiger charge is 2.32. The zero-order valence-corrected chi connectivity index (χ0v) is 25.2. The number of nitrogens with zero attached hydrogens (tertiary/aromatic N) is 2. The topological polar surface area (TPSA) is 18.5 Å². The van der Waals surface area contributed by atoms with E-state index in [0.717, 1.165) is 36.9 Å². The molecule has 2 aliphatic rings. The van der Waals surface area contributed by atoms with Gasteiger partial charge in [0.05, 0.1) is 0 Å². The van der Waals surface area contributed by atoms with Gasteiger partial charge < -0.3 is 5.32 Å². The number of halogens is 3. The van der Waals surface area contributed by atoms with Crippen molar-refractivity contribution in [3.05, 3.63) is 35.9 Å². The van der Waals surface area contributed by atoms with E-state index in [4.69, 9.17) is 0 Å². The Hall–Kier alpha value is -0.0300. The van der Waals surface area contributed by atoms with E-state index in [1.54, 1.807) is 0 Å². The molecule has 35 heavy (non-hydrogen) atoms. The summed E-state index contributed by atoms with van der Waals surface area (Å²) in [6, 6.07) is 12.3. The van der Waals surface area contributed by atoms with Crippen LogP contribution >= 0.6 is 37.2 Å². The largest absolute Gasteiger partial charge is 0.311 e. The molecular formula is C29H54Cl3N3. The molecule has 0 spiro atoms. The number of hydrogen-bond donors (Lipinski definition) is 1. The Kier molecular flexibility index (Phi) is 19.1. The molecule has 1 aromatic rings. The highest BCUT2D eigenvalue weighted by Crippen LogP contribution is 2.30. The van der Waals surface area contributed by atoms with Gasteiger partial charge in [-0.05, 0) is 49.1 Å². The minimum atomic E-state index is 0. The van der Waals surface area contributed by atoms with Crippen molar-refractivity contribution in [3.63, 3.8) is 0 Å². The summed E-state index contributed by atoms with van der Waals surface area (Å²) in [4.78, 5) is 5.71. The second-order valence-corrected chi connectivity index (χ2v) is 11.5. The van der Waals surface area contributed by atoms with Crippen LogP contribution in [0.1, 0.15) is 84.6 Å². The summed E-state index contributed by atoms with van der Waals surface area (Å²) in [5.74, 6) is 2.51. The van der Waals surface area contributed by atoms with Gasteiger partial charge in [-0.1, -0.05) is 90.1 Å². The molecule has 0 radical (unpaired) electrons. The molecule has 1 aliphatic carbocycles. The van der Waals surface area contributed by atoms with Crippen LogP contribution in [0.4, 0.5) is 0 Å². The second kappa shape index (κ2) is 19.1. The number of nitrogens with one attached hydrogen (secondary N) is 1. The lowest BCUT2D eigenvalue weighted by molar-refractivity contribution is 0.0276. The normalized spacial score (nSPS) is 20.7. The van der Waals surface area contributed by atoms with E-state index >= 15 is 0 Å². The molecule has 3 nitrogen and oxygen atoms in total. The van der Waals surface area contributed by atoms with Crippen molar-refractivity contribution in [1.82, 2.24) is 15.1 Å². The van der Waals surface area contributed by atoms with Crippen molar-refractivity contribution >= 4 is 37.2 Å². The van der Waals surface area contributed by atoms with Crippen LogP contribution in [0.5, 0.6) is 0 Å². The van der Waals surface area contributed by atoms with Crippen molar-refractivity contribution in [3.8, 4) is 0 Å². The maximum Gasteiger partial charge on any atom is 0.0226 e. The van der Waals surface area contributed by atoms with E-state index in [2.05, 4.69) is 73.1 Å². The molecule has 2 atom stereocenters. The average Bonchev–Trinajstić information content (AvgIpc) is 2.78. The van der Waals surface area contributed by atoms with E-state index in [9.17, 15) is 0 Å². The van der Waals surface area contributed by atoms with Crippen LogP contribution in [0.15, 0.2) is 30.3 Å². The molecular weight excluding hydrogens is 497 g/mol. The van der Waals surface area contributed by atoms with E-state index < -0.39 is 0 Å². The standard InChI is InChI=1S/C29H51N3.3ClH/c1-24(2)15-16-31-17-18-32(23-29(31)19-25(3)4)28(20-26-11-7-5-8-12-26)22-30-21-27-13-9-6-10-14-27;;;/h6,9-10,13-14,24-26,28-30H,5,7-8,11-12,15-23H2,1-4H3;3*1H. The molecule has 2 unspecified atom stereocenters. The summed E-state index contributed by atoms with van der Waals surface area (Å²) in [7, 11) is 0. The third-order valence-corrected chi connectivity index (χ3v) is 7.77. The first-order chi connectivity index (χ1) is 15.5. The fourth-order valence-electron chi connectivity index (χ4n) is 5.88. The smallest absolute Gasteiger partial charge is 0.0226 e. The third kappa shape index (κ3) is 12.9. The van der Waals surface area contributed by atoms with Crippen molar-refractivity contribution in [2.75, 3.05) is 32.7 Å². The number of rotatable bonds is 12. The van der Waals surface area contributed by atoms with Gasteiger partial charge in [-0.3, -0.25) is 9.80 Å². The van der Waals surface area contributed by atoms with Crippen molar-refractivity contribution in [1.29, 1.82) is 0 Å². The first kappa shape index (κ1) is 35.0. The molecule has 1 saturated carbocycles. The predicted octanol–water partition coefficient (Wildman–Crippen LogP) is 7.46. The van der Waals surface area contributed by atoms with Gasteiger partial charge in [0.15, 0.2) is 0 Å². The molecule has 6 heteroatoms. The monoisotopic (exact) mass is 549 g/mol. The Bertz CT molecular complexity index is 623. The minimum absolute atomic E-state index is 0. The zero-order valence-electron chi connectivity index (χ0n) is 22.8. The van der Waals surface area contributed by atoms with Crippen LogP contribution in [-0.2, 0) is 6.54 Å². The van der Waals surface area contributed by atoms with Gasteiger partial charge >= 0.3 is 0 Å². The minimum Gasteiger partial charge on any atom is -0.311 e. The van der Waals surface area contributed by atoms with Gasteiger partial charge in [0, 0.05) is 44.8 Å². The van der Waals surface area contributed by atoms with Gasteiger partial charge in [-0.15, -0.1) is 37.2 Å². The zero-order chi connectivity index (χ0) is 22.8. The molecule has 0 amide bonds. The van der Waals surface area contributed by atoms with Gasteiger partial charge in [0.1, 0.15) is 0 Å². The van der Waals surface area contributed by atoms with E-state index in [1.807, 2.05) is 0 Å². The highest BCUT2D eigenvalue weighted by molar-refractivity contribution is 5.86. The first-order valence-electron chi connectivity index (χ1n) is 13.7. The molecule has 0 bridgehead atoms. The molecule has 1 heterocycles. The summed E-state index contributed by atoms with van der Waals surface area (Å²) < 4.78 is 0. The Morgan fingerprint density at radius 2 is 1.54 bits per heavy atom. The van der Waals surface area contributed by atoms with Crippen LogP contribution in [0.3, 0.4) is 0 Å². The van der Waals surface area contributed by atoms with Crippen molar-refractivity contribution in [2.24, 2.45) is 17.8 Å². The fraction of sp³-hybridized carbons (Fsp3) is 0.793. The predicted molar refractivity (Wildman–Crippen MR) is 161 cm³/mol. The maximum atomic E-state index is 3.84. The van der Waals surface area contributed by atoms with Gasteiger partial charge in [0.2, 0.25) is 0 Å². The van der Waals surface area contributed by atoms with E-state index in [1.165, 1.54) is 83.1 Å². The lowest BCUT2D eigenvalue weighted by Gasteiger charge is -2.46. The Labute approximate surface area is 235 Å². The molecule has 1 aromatic carbocycles. The summed E-state index contributed by atoms with van der Waals surface area (Å²) in [5.41, 5.74) is 1.40. The van der Waals surface area contributed by atoms with Crippen LogP contribution in [0, 0.1) is 17.8 Å². The highest BCUT2D eigenvalue weighted by atomic mass is 35.5. The summed E-state index contributed by atoms with van der Waals surface area (Å²) in [6.07, 6.45) is 11.3. The Morgan fingerprint density at radius 3 is 2.17 bits per heavy atom. The molecule has 1 saturated heterocycles. The average molecular weight is 551 g/mol. The fourth-order valence-corrected chi connectivity index (χ4v) is 5.88. The third-order valence-electron chi connectivity index (χ3n) is 7.77. The molecule has 206 valence electrons. The van der Waals surface area contributed by atoms with Crippen LogP contribution in [-0.4, -0.2) is 54.6 Å².